The summed E-state index contributed by atoms with van der Waals surface area (Å²) < 4.78 is 27.6. The van der Waals surface area contributed by atoms with Gasteiger partial charge in [0.2, 0.25) is 10.0 Å². The lowest BCUT2D eigenvalue weighted by Crippen LogP contribution is -2.38. The number of anilines is 1. The van der Waals surface area contributed by atoms with Gasteiger partial charge in [0.05, 0.1) is 4.90 Å². The SMILES string of the molecule is Cc1ccc(NC(=O)c2cc(S(=O)(=O)N3CCC(C)CC3)ccc2C)cc1C. The summed E-state index contributed by atoms with van der Waals surface area (Å²) in [6.45, 7) is 9.02. The third-order valence-corrected chi connectivity index (χ3v) is 7.49. The minimum absolute atomic E-state index is 0.179. The Morgan fingerprint density at radius 1 is 0.964 bits per heavy atom. The number of benzene rings is 2. The average molecular weight is 401 g/mol. The molecular formula is C22H28N2O3S. The predicted octanol–water partition coefficient (Wildman–Crippen LogP) is 4.28. The van der Waals surface area contributed by atoms with Crippen molar-refractivity contribution >= 4 is 21.6 Å². The van der Waals surface area contributed by atoms with Crippen molar-refractivity contribution in [3.63, 3.8) is 0 Å². The second-order valence-electron chi connectivity index (χ2n) is 7.82. The van der Waals surface area contributed by atoms with Gasteiger partial charge in [-0.3, -0.25) is 4.79 Å². The zero-order valence-corrected chi connectivity index (χ0v) is 17.8. The summed E-state index contributed by atoms with van der Waals surface area (Å²) in [6.07, 6.45) is 1.73. The van der Waals surface area contributed by atoms with Crippen molar-refractivity contribution < 1.29 is 13.2 Å². The summed E-state index contributed by atoms with van der Waals surface area (Å²) in [5.74, 6) is 0.244. The molecular weight excluding hydrogens is 372 g/mol. The van der Waals surface area contributed by atoms with E-state index in [1.807, 2.05) is 39.0 Å². The third kappa shape index (κ3) is 4.28. The van der Waals surface area contributed by atoms with E-state index in [0.29, 0.717) is 30.3 Å². The number of sulfonamides is 1. The molecule has 1 heterocycles. The number of rotatable bonds is 4. The van der Waals surface area contributed by atoms with E-state index < -0.39 is 10.0 Å². The highest BCUT2D eigenvalue weighted by Crippen LogP contribution is 2.25. The molecule has 1 saturated heterocycles. The average Bonchev–Trinajstić information content (AvgIpc) is 2.65. The lowest BCUT2D eigenvalue weighted by Gasteiger charge is -2.29. The Labute approximate surface area is 167 Å². The van der Waals surface area contributed by atoms with Crippen LogP contribution >= 0.6 is 0 Å². The number of amides is 1. The highest BCUT2D eigenvalue weighted by atomic mass is 32.2. The van der Waals surface area contributed by atoms with Crippen LogP contribution in [-0.4, -0.2) is 31.7 Å². The molecule has 2 aromatic carbocycles. The van der Waals surface area contributed by atoms with Crippen molar-refractivity contribution in [1.82, 2.24) is 4.31 Å². The van der Waals surface area contributed by atoms with Crippen LogP contribution in [0.4, 0.5) is 5.69 Å². The van der Waals surface area contributed by atoms with Gasteiger partial charge >= 0.3 is 0 Å². The maximum atomic E-state index is 13.0. The number of carbonyl (C=O) groups excluding carboxylic acids is 1. The lowest BCUT2D eigenvalue weighted by molar-refractivity contribution is 0.102. The fourth-order valence-corrected chi connectivity index (χ4v) is 4.89. The first kappa shape index (κ1) is 20.6. The molecule has 0 radical (unpaired) electrons. The van der Waals surface area contributed by atoms with E-state index in [4.69, 9.17) is 0 Å². The Kier molecular flexibility index (Phi) is 5.91. The van der Waals surface area contributed by atoms with E-state index in [1.165, 1.54) is 10.4 Å². The highest BCUT2D eigenvalue weighted by Gasteiger charge is 2.29. The molecule has 1 aliphatic rings. The largest absolute Gasteiger partial charge is 0.322 e. The van der Waals surface area contributed by atoms with Gasteiger partial charge in [0.15, 0.2) is 0 Å². The number of nitrogens with zero attached hydrogens (tertiary/aromatic N) is 1. The monoisotopic (exact) mass is 400 g/mol. The number of hydrogen-bond donors (Lipinski definition) is 1. The van der Waals surface area contributed by atoms with E-state index in [-0.39, 0.29) is 10.8 Å². The maximum absolute atomic E-state index is 13.0. The normalized spacial score (nSPS) is 16.1. The zero-order valence-electron chi connectivity index (χ0n) is 17.0. The van der Waals surface area contributed by atoms with Crippen LogP contribution in [0.5, 0.6) is 0 Å². The van der Waals surface area contributed by atoms with Crippen LogP contribution in [0, 0.1) is 26.7 Å². The van der Waals surface area contributed by atoms with Gasteiger partial charge in [-0.2, -0.15) is 4.31 Å². The Morgan fingerprint density at radius 2 is 1.61 bits per heavy atom. The molecule has 28 heavy (non-hydrogen) atoms. The fourth-order valence-electron chi connectivity index (χ4n) is 3.40. The maximum Gasteiger partial charge on any atom is 0.255 e. The van der Waals surface area contributed by atoms with Crippen LogP contribution in [0.3, 0.4) is 0 Å². The molecule has 0 unspecified atom stereocenters. The minimum Gasteiger partial charge on any atom is -0.322 e. The van der Waals surface area contributed by atoms with Crippen molar-refractivity contribution in [3.05, 3.63) is 58.7 Å². The standard InChI is InChI=1S/C22H28N2O3S/c1-15-9-11-24(12-10-15)28(26,27)20-8-6-17(3)21(14-20)22(25)23-19-7-5-16(2)18(4)13-19/h5-8,13-15H,9-12H2,1-4H3,(H,23,25). The molecule has 0 spiro atoms. The molecule has 6 heteroatoms. The molecule has 1 aliphatic heterocycles. The van der Waals surface area contributed by atoms with Gasteiger partial charge in [-0.15, -0.1) is 0 Å². The van der Waals surface area contributed by atoms with Crippen LogP contribution in [0.2, 0.25) is 0 Å². The summed E-state index contributed by atoms with van der Waals surface area (Å²) in [4.78, 5) is 13.0. The van der Waals surface area contributed by atoms with Crippen LogP contribution in [0.25, 0.3) is 0 Å². The van der Waals surface area contributed by atoms with E-state index >= 15 is 0 Å². The van der Waals surface area contributed by atoms with Gasteiger partial charge in [0, 0.05) is 24.3 Å². The topological polar surface area (TPSA) is 66.5 Å². The number of carbonyl (C=O) groups is 1. The van der Waals surface area contributed by atoms with Crippen molar-refractivity contribution in [3.8, 4) is 0 Å². The second-order valence-corrected chi connectivity index (χ2v) is 9.75. The van der Waals surface area contributed by atoms with Crippen LogP contribution in [0.1, 0.15) is 46.8 Å². The number of nitrogens with one attached hydrogen (secondary N) is 1. The molecule has 0 bridgehead atoms. The molecule has 0 saturated carbocycles. The fraction of sp³-hybridized carbons (Fsp3) is 0.409. The molecule has 150 valence electrons. The van der Waals surface area contributed by atoms with Crippen molar-refractivity contribution in [2.75, 3.05) is 18.4 Å². The van der Waals surface area contributed by atoms with Gasteiger partial charge in [-0.05, 0) is 80.5 Å². The van der Waals surface area contributed by atoms with E-state index in [1.54, 1.807) is 12.1 Å². The molecule has 0 atom stereocenters. The van der Waals surface area contributed by atoms with E-state index in [0.717, 1.165) is 29.5 Å². The van der Waals surface area contributed by atoms with E-state index in [2.05, 4.69) is 12.2 Å². The van der Waals surface area contributed by atoms with Crippen LogP contribution in [-0.2, 0) is 10.0 Å². The Bertz CT molecular complexity index is 991. The van der Waals surface area contributed by atoms with Gasteiger partial charge in [0.1, 0.15) is 0 Å². The second kappa shape index (κ2) is 8.05. The summed E-state index contributed by atoms with van der Waals surface area (Å²) in [5.41, 5.74) is 4.06. The molecule has 1 amide bonds. The molecule has 1 N–H and O–H groups in total. The van der Waals surface area contributed by atoms with E-state index in [9.17, 15) is 13.2 Å². The summed E-state index contributed by atoms with van der Waals surface area (Å²) >= 11 is 0. The smallest absolute Gasteiger partial charge is 0.255 e. The van der Waals surface area contributed by atoms with Crippen molar-refractivity contribution in [2.45, 2.75) is 45.4 Å². The number of piperidine rings is 1. The van der Waals surface area contributed by atoms with Gasteiger partial charge in [-0.25, -0.2) is 8.42 Å². The molecule has 0 aliphatic carbocycles. The van der Waals surface area contributed by atoms with Gasteiger partial charge < -0.3 is 5.32 Å². The third-order valence-electron chi connectivity index (χ3n) is 5.60. The first-order valence-corrected chi connectivity index (χ1v) is 11.1. The Hall–Kier alpha value is -2.18. The summed E-state index contributed by atoms with van der Waals surface area (Å²) in [6, 6.07) is 10.5. The summed E-state index contributed by atoms with van der Waals surface area (Å²) in [5, 5.41) is 2.88. The molecule has 1 fully saturated rings. The zero-order chi connectivity index (χ0) is 20.5. The first-order valence-electron chi connectivity index (χ1n) is 9.68. The van der Waals surface area contributed by atoms with Gasteiger partial charge in [0.25, 0.3) is 5.91 Å². The number of hydrogen-bond acceptors (Lipinski definition) is 3. The van der Waals surface area contributed by atoms with Crippen molar-refractivity contribution in [2.24, 2.45) is 5.92 Å². The molecule has 0 aromatic heterocycles. The molecule has 3 rings (SSSR count). The number of aryl methyl sites for hydroxylation is 3. The Balaban J connectivity index is 1.86. The van der Waals surface area contributed by atoms with Crippen LogP contribution in [0.15, 0.2) is 41.3 Å². The molecule has 2 aromatic rings. The Morgan fingerprint density at radius 3 is 2.25 bits per heavy atom. The lowest BCUT2D eigenvalue weighted by atomic mass is 10.0. The first-order chi connectivity index (χ1) is 13.2. The quantitative estimate of drug-likeness (QED) is 0.833. The minimum atomic E-state index is -3.59. The van der Waals surface area contributed by atoms with Crippen LogP contribution < -0.4 is 5.32 Å². The van der Waals surface area contributed by atoms with Gasteiger partial charge in [-0.1, -0.05) is 19.1 Å². The highest BCUT2D eigenvalue weighted by molar-refractivity contribution is 7.89. The predicted molar refractivity (Wildman–Crippen MR) is 112 cm³/mol. The molecule has 5 nitrogen and oxygen atoms in total. The summed E-state index contributed by atoms with van der Waals surface area (Å²) in [7, 11) is -3.59. The van der Waals surface area contributed by atoms with Crippen molar-refractivity contribution in [1.29, 1.82) is 0 Å².